The summed E-state index contributed by atoms with van der Waals surface area (Å²) in [5, 5.41) is 14.8. The van der Waals surface area contributed by atoms with Crippen LogP contribution in [0.4, 0.5) is 0 Å². The average molecular weight is 252 g/mol. The van der Waals surface area contributed by atoms with E-state index in [1.165, 1.54) is 0 Å². The molecule has 1 atom stereocenters. The average Bonchev–Trinajstić information content (AvgIpc) is 2.80. The molecule has 3 nitrogen and oxygen atoms in total. The van der Waals surface area contributed by atoms with Gasteiger partial charge >= 0.3 is 0 Å². The Hall–Kier alpha value is -2.13. The van der Waals surface area contributed by atoms with E-state index in [-0.39, 0.29) is 0 Å². The minimum absolute atomic E-state index is 0.640. The molecule has 2 heterocycles. The molecule has 0 amide bonds. The third-order valence-electron chi connectivity index (χ3n) is 3.31. The van der Waals surface area contributed by atoms with Crippen LogP contribution in [0.1, 0.15) is 28.4 Å². The molecule has 19 heavy (non-hydrogen) atoms. The number of aromatic nitrogens is 2. The second kappa shape index (κ2) is 4.52. The Balaban J connectivity index is 2.10. The van der Waals surface area contributed by atoms with Gasteiger partial charge in [-0.2, -0.15) is 5.10 Å². The monoisotopic (exact) mass is 252 g/mol. The highest BCUT2D eigenvalue weighted by molar-refractivity contribution is 5.56. The lowest BCUT2D eigenvalue weighted by Crippen LogP contribution is -2.00. The standard InChI is InChI=1S/C16H16N2O/c1-11-7-12(2)9-13(8-11)16(19)14-10-17-18-6-4-3-5-15(14)18/h3-10,16,19H,1-2H3. The first-order valence-electron chi connectivity index (χ1n) is 6.33. The Morgan fingerprint density at radius 3 is 2.58 bits per heavy atom. The van der Waals surface area contributed by atoms with Crippen molar-refractivity contribution in [2.45, 2.75) is 20.0 Å². The van der Waals surface area contributed by atoms with Crippen LogP contribution in [-0.4, -0.2) is 14.7 Å². The van der Waals surface area contributed by atoms with E-state index in [0.29, 0.717) is 0 Å². The molecule has 0 radical (unpaired) electrons. The first kappa shape index (κ1) is 11.9. The fourth-order valence-corrected chi connectivity index (χ4v) is 2.51. The summed E-state index contributed by atoms with van der Waals surface area (Å²) in [5.41, 5.74) is 5.01. The van der Waals surface area contributed by atoms with Crippen molar-refractivity contribution in [2.75, 3.05) is 0 Å². The van der Waals surface area contributed by atoms with Crippen molar-refractivity contribution in [2.24, 2.45) is 0 Å². The van der Waals surface area contributed by atoms with E-state index < -0.39 is 6.10 Å². The number of hydrogen-bond donors (Lipinski definition) is 1. The maximum Gasteiger partial charge on any atom is 0.108 e. The van der Waals surface area contributed by atoms with Crippen LogP contribution in [0.25, 0.3) is 5.52 Å². The zero-order chi connectivity index (χ0) is 13.4. The molecular formula is C16H16N2O. The molecule has 1 aromatic carbocycles. The Morgan fingerprint density at radius 2 is 1.84 bits per heavy atom. The van der Waals surface area contributed by atoms with Crippen LogP contribution in [-0.2, 0) is 0 Å². The van der Waals surface area contributed by atoms with Crippen molar-refractivity contribution in [1.82, 2.24) is 9.61 Å². The molecule has 0 saturated heterocycles. The maximum absolute atomic E-state index is 10.6. The molecule has 1 unspecified atom stereocenters. The Bertz CT molecular complexity index is 710. The van der Waals surface area contributed by atoms with Crippen LogP contribution >= 0.6 is 0 Å². The number of rotatable bonds is 2. The van der Waals surface area contributed by atoms with Gasteiger partial charge in [0.25, 0.3) is 0 Å². The number of benzene rings is 1. The predicted octanol–water partition coefficient (Wildman–Crippen LogP) is 3.03. The van der Waals surface area contributed by atoms with Crippen LogP contribution in [0.3, 0.4) is 0 Å². The number of fused-ring (bicyclic) bond motifs is 1. The molecule has 3 aromatic rings. The van der Waals surface area contributed by atoms with E-state index in [1.54, 1.807) is 10.7 Å². The number of aliphatic hydroxyl groups is 1. The number of hydrogen-bond acceptors (Lipinski definition) is 2. The van der Waals surface area contributed by atoms with Gasteiger partial charge in [0.15, 0.2) is 0 Å². The molecule has 0 bridgehead atoms. The summed E-state index contributed by atoms with van der Waals surface area (Å²) < 4.78 is 1.78. The van der Waals surface area contributed by atoms with Gasteiger partial charge in [-0.05, 0) is 31.5 Å². The molecule has 0 fully saturated rings. The quantitative estimate of drug-likeness (QED) is 0.761. The molecule has 0 spiro atoms. The molecule has 96 valence electrons. The molecule has 1 N–H and O–H groups in total. The number of aliphatic hydroxyl groups excluding tert-OH is 1. The second-order valence-electron chi connectivity index (χ2n) is 4.95. The van der Waals surface area contributed by atoms with Crippen LogP contribution in [0.15, 0.2) is 48.8 Å². The fraction of sp³-hybridized carbons (Fsp3) is 0.188. The minimum atomic E-state index is -0.640. The van der Waals surface area contributed by atoms with Gasteiger partial charge in [-0.3, -0.25) is 0 Å². The molecule has 2 aromatic heterocycles. The van der Waals surface area contributed by atoms with Crippen molar-refractivity contribution in [1.29, 1.82) is 0 Å². The van der Waals surface area contributed by atoms with E-state index in [9.17, 15) is 5.11 Å². The van der Waals surface area contributed by atoms with E-state index in [0.717, 1.165) is 27.8 Å². The second-order valence-corrected chi connectivity index (χ2v) is 4.95. The molecule has 3 rings (SSSR count). The number of pyridine rings is 1. The third-order valence-corrected chi connectivity index (χ3v) is 3.31. The molecule has 0 aliphatic heterocycles. The highest BCUT2D eigenvalue weighted by Crippen LogP contribution is 2.26. The van der Waals surface area contributed by atoms with Gasteiger partial charge in [0, 0.05) is 11.8 Å². The number of aryl methyl sites for hydroxylation is 2. The molecule has 0 aliphatic rings. The molecule has 0 saturated carbocycles. The maximum atomic E-state index is 10.6. The van der Waals surface area contributed by atoms with Gasteiger partial charge in [-0.15, -0.1) is 0 Å². The molecular weight excluding hydrogens is 236 g/mol. The van der Waals surface area contributed by atoms with Crippen molar-refractivity contribution in [3.8, 4) is 0 Å². The summed E-state index contributed by atoms with van der Waals surface area (Å²) in [5.74, 6) is 0. The largest absolute Gasteiger partial charge is 0.384 e. The Kier molecular flexibility index (Phi) is 2.84. The van der Waals surface area contributed by atoms with Crippen LogP contribution < -0.4 is 0 Å². The Labute approximate surface area is 112 Å². The summed E-state index contributed by atoms with van der Waals surface area (Å²) in [4.78, 5) is 0. The first-order valence-corrected chi connectivity index (χ1v) is 6.33. The van der Waals surface area contributed by atoms with Crippen LogP contribution in [0.2, 0.25) is 0 Å². The molecule has 0 aliphatic carbocycles. The summed E-state index contributed by atoms with van der Waals surface area (Å²) in [7, 11) is 0. The Morgan fingerprint density at radius 1 is 1.11 bits per heavy atom. The first-order chi connectivity index (χ1) is 9.15. The lowest BCUT2D eigenvalue weighted by atomic mass is 9.99. The van der Waals surface area contributed by atoms with E-state index in [4.69, 9.17) is 0 Å². The molecule has 3 heteroatoms. The third kappa shape index (κ3) is 2.13. The predicted molar refractivity (Wildman–Crippen MR) is 75.2 cm³/mol. The van der Waals surface area contributed by atoms with Crippen LogP contribution in [0, 0.1) is 13.8 Å². The van der Waals surface area contributed by atoms with Gasteiger partial charge in [0.05, 0.1) is 11.7 Å². The minimum Gasteiger partial charge on any atom is -0.384 e. The van der Waals surface area contributed by atoms with Gasteiger partial charge < -0.3 is 5.11 Å². The summed E-state index contributed by atoms with van der Waals surface area (Å²) in [6.45, 7) is 4.08. The highest BCUT2D eigenvalue weighted by Gasteiger charge is 2.15. The van der Waals surface area contributed by atoms with E-state index in [1.807, 2.05) is 50.4 Å². The normalized spacial score (nSPS) is 12.8. The summed E-state index contributed by atoms with van der Waals surface area (Å²) >= 11 is 0. The van der Waals surface area contributed by atoms with Crippen LogP contribution in [0.5, 0.6) is 0 Å². The van der Waals surface area contributed by atoms with E-state index >= 15 is 0 Å². The summed E-state index contributed by atoms with van der Waals surface area (Å²) in [6, 6.07) is 12.0. The highest BCUT2D eigenvalue weighted by atomic mass is 16.3. The van der Waals surface area contributed by atoms with Gasteiger partial charge in [-0.25, -0.2) is 4.52 Å². The van der Waals surface area contributed by atoms with Gasteiger partial charge in [0.2, 0.25) is 0 Å². The zero-order valence-corrected chi connectivity index (χ0v) is 11.0. The van der Waals surface area contributed by atoms with E-state index in [2.05, 4.69) is 11.2 Å². The van der Waals surface area contributed by atoms with Crippen molar-refractivity contribution in [3.05, 3.63) is 71.0 Å². The van der Waals surface area contributed by atoms with Crippen molar-refractivity contribution < 1.29 is 5.11 Å². The summed E-state index contributed by atoms with van der Waals surface area (Å²) in [6.07, 6.45) is 2.98. The lowest BCUT2D eigenvalue weighted by molar-refractivity contribution is 0.221. The number of nitrogens with zero attached hydrogens (tertiary/aromatic N) is 2. The fourth-order valence-electron chi connectivity index (χ4n) is 2.51. The smallest absolute Gasteiger partial charge is 0.108 e. The van der Waals surface area contributed by atoms with Gasteiger partial charge in [0.1, 0.15) is 6.10 Å². The van der Waals surface area contributed by atoms with Crippen molar-refractivity contribution >= 4 is 5.52 Å². The topological polar surface area (TPSA) is 37.5 Å². The SMILES string of the molecule is Cc1cc(C)cc(C(O)c2cnn3ccccc23)c1. The lowest BCUT2D eigenvalue weighted by Gasteiger charge is -2.12. The zero-order valence-electron chi connectivity index (χ0n) is 11.0. The van der Waals surface area contributed by atoms with Crippen molar-refractivity contribution in [3.63, 3.8) is 0 Å². The van der Waals surface area contributed by atoms with Gasteiger partial charge in [-0.1, -0.05) is 35.4 Å².